The van der Waals surface area contributed by atoms with E-state index in [0.717, 1.165) is 5.56 Å². The quantitative estimate of drug-likeness (QED) is 0.707. The zero-order valence-corrected chi connectivity index (χ0v) is 9.12. The molecule has 1 atom stereocenters. The Morgan fingerprint density at radius 2 is 2.29 bits per heavy atom. The van der Waals surface area contributed by atoms with Crippen molar-refractivity contribution in [3.8, 4) is 0 Å². The number of hydrogen-bond acceptors (Lipinski definition) is 3. The van der Waals surface area contributed by atoms with Gasteiger partial charge in [-0.05, 0) is 18.6 Å². The maximum atomic E-state index is 5.65. The van der Waals surface area contributed by atoms with E-state index in [0.29, 0.717) is 18.4 Å². The predicted molar refractivity (Wildman–Crippen MR) is 55.4 cm³/mol. The SMILES string of the molecule is COCC(C)OCc1ccc(Cl)nc1. The van der Waals surface area contributed by atoms with Gasteiger partial charge >= 0.3 is 0 Å². The van der Waals surface area contributed by atoms with E-state index in [1.807, 2.05) is 13.0 Å². The van der Waals surface area contributed by atoms with E-state index in [1.165, 1.54) is 0 Å². The third kappa shape index (κ3) is 4.05. The van der Waals surface area contributed by atoms with Crippen LogP contribution in [-0.4, -0.2) is 24.8 Å². The van der Waals surface area contributed by atoms with Crippen LogP contribution in [0.25, 0.3) is 0 Å². The zero-order valence-electron chi connectivity index (χ0n) is 8.37. The number of pyridine rings is 1. The Morgan fingerprint density at radius 3 is 2.86 bits per heavy atom. The Bertz CT molecular complexity index is 263. The maximum Gasteiger partial charge on any atom is 0.129 e. The second kappa shape index (κ2) is 5.96. The molecule has 0 spiro atoms. The lowest BCUT2D eigenvalue weighted by molar-refractivity contribution is -0.000216. The molecular weight excluding hydrogens is 202 g/mol. The van der Waals surface area contributed by atoms with Crippen LogP contribution < -0.4 is 0 Å². The summed E-state index contributed by atoms with van der Waals surface area (Å²) in [5, 5.41) is 0.499. The zero-order chi connectivity index (χ0) is 10.4. The number of hydrogen-bond donors (Lipinski definition) is 0. The van der Waals surface area contributed by atoms with Crippen molar-refractivity contribution >= 4 is 11.6 Å². The monoisotopic (exact) mass is 215 g/mol. The summed E-state index contributed by atoms with van der Waals surface area (Å²) < 4.78 is 10.4. The van der Waals surface area contributed by atoms with E-state index in [4.69, 9.17) is 21.1 Å². The van der Waals surface area contributed by atoms with Crippen LogP contribution in [0.1, 0.15) is 12.5 Å². The molecule has 0 saturated heterocycles. The Hall–Kier alpha value is -0.640. The molecule has 0 N–H and O–H groups in total. The summed E-state index contributed by atoms with van der Waals surface area (Å²) in [6.45, 7) is 3.10. The standard InChI is InChI=1S/C10H14ClNO2/c1-8(6-13-2)14-7-9-3-4-10(11)12-5-9/h3-5,8H,6-7H2,1-2H3. The molecule has 1 unspecified atom stereocenters. The highest BCUT2D eigenvalue weighted by molar-refractivity contribution is 6.29. The lowest BCUT2D eigenvalue weighted by Crippen LogP contribution is -2.14. The molecule has 0 aliphatic heterocycles. The highest BCUT2D eigenvalue weighted by atomic mass is 35.5. The number of halogens is 1. The second-order valence-corrected chi connectivity index (χ2v) is 3.45. The van der Waals surface area contributed by atoms with E-state index in [2.05, 4.69) is 4.98 Å². The normalized spacial score (nSPS) is 12.8. The van der Waals surface area contributed by atoms with Crippen LogP contribution >= 0.6 is 11.6 Å². The summed E-state index contributed by atoms with van der Waals surface area (Å²) in [7, 11) is 1.66. The van der Waals surface area contributed by atoms with Crippen LogP contribution in [-0.2, 0) is 16.1 Å². The highest BCUT2D eigenvalue weighted by Crippen LogP contribution is 2.07. The molecule has 0 amide bonds. The van der Waals surface area contributed by atoms with E-state index in [1.54, 1.807) is 19.4 Å². The van der Waals surface area contributed by atoms with E-state index >= 15 is 0 Å². The minimum Gasteiger partial charge on any atom is -0.382 e. The van der Waals surface area contributed by atoms with Crippen molar-refractivity contribution in [1.29, 1.82) is 0 Å². The van der Waals surface area contributed by atoms with Gasteiger partial charge in [0.2, 0.25) is 0 Å². The Balaban J connectivity index is 2.34. The van der Waals surface area contributed by atoms with Gasteiger partial charge in [-0.15, -0.1) is 0 Å². The van der Waals surface area contributed by atoms with Gasteiger partial charge in [0.15, 0.2) is 0 Å². The summed E-state index contributed by atoms with van der Waals surface area (Å²) in [5.41, 5.74) is 1.01. The molecule has 0 bridgehead atoms. The van der Waals surface area contributed by atoms with Crippen molar-refractivity contribution in [2.45, 2.75) is 19.6 Å². The molecule has 0 saturated carbocycles. The number of nitrogens with zero attached hydrogens (tertiary/aromatic N) is 1. The molecule has 3 nitrogen and oxygen atoms in total. The van der Waals surface area contributed by atoms with Gasteiger partial charge in [-0.25, -0.2) is 4.98 Å². The molecule has 14 heavy (non-hydrogen) atoms. The third-order valence-corrected chi connectivity index (χ3v) is 1.95. The van der Waals surface area contributed by atoms with Gasteiger partial charge in [0.1, 0.15) is 5.15 Å². The molecule has 1 heterocycles. The van der Waals surface area contributed by atoms with E-state index in [9.17, 15) is 0 Å². The Morgan fingerprint density at radius 1 is 1.50 bits per heavy atom. The van der Waals surface area contributed by atoms with Crippen LogP contribution in [0, 0.1) is 0 Å². The minimum absolute atomic E-state index is 0.0932. The number of ether oxygens (including phenoxy) is 2. The fourth-order valence-electron chi connectivity index (χ4n) is 1.01. The predicted octanol–water partition coefficient (Wildman–Crippen LogP) is 2.29. The molecule has 1 aromatic heterocycles. The molecular formula is C10H14ClNO2. The van der Waals surface area contributed by atoms with Crippen molar-refractivity contribution in [1.82, 2.24) is 4.98 Å². The van der Waals surface area contributed by atoms with E-state index in [-0.39, 0.29) is 6.10 Å². The molecule has 0 aromatic carbocycles. The van der Waals surface area contributed by atoms with Crippen molar-refractivity contribution in [2.75, 3.05) is 13.7 Å². The van der Waals surface area contributed by atoms with Gasteiger partial charge in [0.25, 0.3) is 0 Å². The van der Waals surface area contributed by atoms with Crippen LogP contribution in [0.5, 0.6) is 0 Å². The van der Waals surface area contributed by atoms with Crippen LogP contribution in [0.2, 0.25) is 5.15 Å². The van der Waals surface area contributed by atoms with Gasteiger partial charge < -0.3 is 9.47 Å². The van der Waals surface area contributed by atoms with Crippen molar-refractivity contribution < 1.29 is 9.47 Å². The average molecular weight is 216 g/mol. The molecule has 1 rings (SSSR count). The second-order valence-electron chi connectivity index (χ2n) is 3.07. The highest BCUT2D eigenvalue weighted by Gasteiger charge is 2.01. The summed E-state index contributed by atoms with van der Waals surface area (Å²) in [6.07, 6.45) is 1.80. The molecule has 0 radical (unpaired) electrons. The number of aromatic nitrogens is 1. The summed E-state index contributed by atoms with van der Waals surface area (Å²) in [4.78, 5) is 3.96. The van der Waals surface area contributed by atoms with Crippen molar-refractivity contribution in [2.24, 2.45) is 0 Å². The first-order valence-corrected chi connectivity index (χ1v) is 4.81. The molecule has 4 heteroatoms. The lowest BCUT2D eigenvalue weighted by atomic mass is 10.3. The summed E-state index contributed by atoms with van der Waals surface area (Å²) in [5.74, 6) is 0. The van der Waals surface area contributed by atoms with Crippen molar-refractivity contribution in [3.63, 3.8) is 0 Å². The first kappa shape index (κ1) is 11.4. The van der Waals surface area contributed by atoms with Crippen LogP contribution in [0.3, 0.4) is 0 Å². The maximum absolute atomic E-state index is 5.65. The number of rotatable bonds is 5. The first-order chi connectivity index (χ1) is 6.72. The van der Waals surface area contributed by atoms with E-state index < -0.39 is 0 Å². The topological polar surface area (TPSA) is 31.4 Å². The first-order valence-electron chi connectivity index (χ1n) is 4.43. The molecule has 0 aliphatic carbocycles. The Labute approximate surface area is 89.0 Å². The molecule has 0 aliphatic rings. The summed E-state index contributed by atoms with van der Waals surface area (Å²) in [6, 6.07) is 3.65. The van der Waals surface area contributed by atoms with Crippen LogP contribution in [0.4, 0.5) is 0 Å². The molecule has 78 valence electrons. The largest absolute Gasteiger partial charge is 0.382 e. The molecule has 1 aromatic rings. The fraction of sp³-hybridized carbons (Fsp3) is 0.500. The van der Waals surface area contributed by atoms with Gasteiger partial charge in [-0.2, -0.15) is 0 Å². The van der Waals surface area contributed by atoms with Crippen LogP contribution in [0.15, 0.2) is 18.3 Å². The smallest absolute Gasteiger partial charge is 0.129 e. The minimum atomic E-state index is 0.0932. The van der Waals surface area contributed by atoms with Crippen molar-refractivity contribution in [3.05, 3.63) is 29.0 Å². The number of methoxy groups -OCH3 is 1. The third-order valence-electron chi connectivity index (χ3n) is 1.72. The summed E-state index contributed by atoms with van der Waals surface area (Å²) >= 11 is 5.65. The molecule has 0 fully saturated rings. The van der Waals surface area contributed by atoms with Gasteiger partial charge in [0, 0.05) is 13.3 Å². The fourth-order valence-corrected chi connectivity index (χ4v) is 1.12. The van der Waals surface area contributed by atoms with Gasteiger partial charge in [-0.3, -0.25) is 0 Å². The lowest BCUT2D eigenvalue weighted by Gasteiger charge is -2.11. The Kier molecular flexibility index (Phi) is 4.87. The van der Waals surface area contributed by atoms with Gasteiger partial charge in [-0.1, -0.05) is 17.7 Å². The average Bonchev–Trinajstić information content (AvgIpc) is 2.17. The van der Waals surface area contributed by atoms with Gasteiger partial charge in [0.05, 0.1) is 19.3 Å².